The summed E-state index contributed by atoms with van der Waals surface area (Å²) >= 11 is 17.9. The molecule has 1 unspecified atom stereocenters. The van der Waals surface area contributed by atoms with Gasteiger partial charge in [0, 0.05) is 46.8 Å². The Morgan fingerprint density at radius 1 is 1.35 bits per heavy atom. The predicted octanol–water partition coefficient (Wildman–Crippen LogP) is 3.51. The molecule has 110 valence electrons. The van der Waals surface area contributed by atoms with E-state index < -0.39 is 5.24 Å². The van der Waals surface area contributed by atoms with Crippen LogP contribution in [0.5, 0.6) is 0 Å². The second-order valence-corrected chi connectivity index (χ2v) is 6.49. The van der Waals surface area contributed by atoms with Gasteiger partial charge in [0.2, 0.25) is 0 Å². The highest BCUT2D eigenvalue weighted by atomic mass is 35.5. The second-order valence-electron chi connectivity index (χ2n) is 5.33. The molecule has 3 nitrogen and oxygen atoms in total. The molecule has 0 spiro atoms. The first-order valence-electron chi connectivity index (χ1n) is 6.45. The number of hydrogen-bond donors (Lipinski definition) is 0. The van der Waals surface area contributed by atoms with E-state index >= 15 is 0 Å². The molecule has 20 heavy (non-hydrogen) atoms. The molecule has 0 radical (unpaired) electrons. The number of likely N-dealkylation sites (N-methyl/N-ethyl adjacent to an activating group) is 1. The zero-order valence-corrected chi connectivity index (χ0v) is 13.8. The molecular formula is C14H17Cl3N2O. The van der Waals surface area contributed by atoms with Gasteiger partial charge in [0.05, 0.1) is 0 Å². The van der Waals surface area contributed by atoms with E-state index in [2.05, 4.69) is 23.9 Å². The molecule has 2 rings (SSSR count). The van der Waals surface area contributed by atoms with E-state index in [9.17, 15) is 4.79 Å². The van der Waals surface area contributed by atoms with Crippen LogP contribution in [0.2, 0.25) is 10.0 Å². The highest BCUT2D eigenvalue weighted by Crippen LogP contribution is 2.30. The van der Waals surface area contributed by atoms with Crippen molar-refractivity contribution in [1.29, 1.82) is 0 Å². The van der Waals surface area contributed by atoms with Crippen LogP contribution in [0.1, 0.15) is 22.3 Å². The Kier molecular flexibility index (Phi) is 5.32. The molecule has 0 aliphatic carbocycles. The summed E-state index contributed by atoms with van der Waals surface area (Å²) in [5.41, 5.74) is 1.19. The van der Waals surface area contributed by atoms with E-state index in [0.717, 1.165) is 25.1 Å². The molecule has 6 heteroatoms. The molecule has 0 N–H and O–H groups in total. The monoisotopic (exact) mass is 334 g/mol. The van der Waals surface area contributed by atoms with Crippen molar-refractivity contribution in [3.05, 3.63) is 33.3 Å². The molecule has 1 aromatic rings. The molecule has 0 amide bonds. The van der Waals surface area contributed by atoms with Gasteiger partial charge in [-0.1, -0.05) is 23.2 Å². The highest BCUT2D eigenvalue weighted by Gasteiger charge is 2.25. The van der Waals surface area contributed by atoms with Crippen LogP contribution in [0.25, 0.3) is 0 Å². The van der Waals surface area contributed by atoms with Gasteiger partial charge in [0.1, 0.15) is 0 Å². The van der Waals surface area contributed by atoms with E-state index in [0.29, 0.717) is 28.2 Å². The number of likely N-dealkylation sites (tertiary alicyclic amines) is 1. The summed E-state index contributed by atoms with van der Waals surface area (Å²) in [5, 5.41) is 0.443. The van der Waals surface area contributed by atoms with Crippen LogP contribution in [0, 0.1) is 0 Å². The van der Waals surface area contributed by atoms with Gasteiger partial charge in [0.25, 0.3) is 5.24 Å². The topological polar surface area (TPSA) is 23.6 Å². The van der Waals surface area contributed by atoms with Crippen molar-refractivity contribution in [2.75, 3.05) is 27.2 Å². The second kappa shape index (κ2) is 6.63. The van der Waals surface area contributed by atoms with Gasteiger partial charge in [-0.05, 0) is 44.2 Å². The number of halogens is 3. The largest absolute Gasteiger partial charge is 0.305 e. The fourth-order valence-electron chi connectivity index (χ4n) is 2.47. The Hall–Kier alpha value is -0.320. The van der Waals surface area contributed by atoms with Gasteiger partial charge in [-0.15, -0.1) is 0 Å². The fraction of sp³-hybridized carbons (Fsp3) is 0.500. The average molecular weight is 336 g/mol. The summed E-state index contributed by atoms with van der Waals surface area (Å²) in [7, 11) is 4.18. The smallest absolute Gasteiger partial charge is 0.252 e. The van der Waals surface area contributed by atoms with Crippen molar-refractivity contribution >= 4 is 40.0 Å². The summed E-state index contributed by atoms with van der Waals surface area (Å²) in [6.07, 6.45) is 1.14. The summed E-state index contributed by atoms with van der Waals surface area (Å²) in [5.74, 6) is 0. The van der Waals surface area contributed by atoms with Gasteiger partial charge >= 0.3 is 0 Å². The number of benzene rings is 1. The number of carbonyl (C=O) groups is 1. The minimum atomic E-state index is -0.547. The molecule has 1 aromatic carbocycles. The molecule has 1 heterocycles. The number of hydrogen-bond acceptors (Lipinski definition) is 3. The lowest BCUT2D eigenvalue weighted by atomic mass is 10.1. The molecule has 0 bridgehead atoms. The Morgan fingerprint density at radius 3 is 2.40 bits per heavy atom. The van der Waals surface area contributed by atoms with Crippen molar-refractivity contribution in [3.63, 3.8) is 0 Å². The first-order chi connectivity index (χ1) is 9.38. The standard InChI is InChI=1S/C14H17Cl3N2O/c1-18(2)10-3-4-19(7-10)8-11-12(15)5-9(14(17)20)6-13(11)16/h5-6,10H,3-4,7-8H2,1-2H3. The van der Waals surface area contributed by atoms with Gasteiger partial charge in [0.15, 0.2) is 0 Å². The first-order valence-corrected chi connectivity index (χ1v) is 7.58. The van der Waals surface area contributed by atoms with Gasteiger partial charge in [-0.3, -0.25) is 9.69 Å². The quantitative estimate of drug-likeness (QED) is 0.787. The van der Waals surface area contributed by atoms with Crippen LogP contribution in [0.4, 0.5) is 0 Å². The average Bonchev–Trinajstić information content (AvgIpc) is 2.82. The summed E-state index contributed by atoms with van der Waals surface area (Å²) < 4.78 is 0. The van der Waals surface area contributed by atoms with E-state index in [1.807, 2.05) is 0 Å². The van der Waals surface area contributed by atoms with E-state index in [-0.39, 0.29) is 0 Å². The summed E-state index contributed by atoms with van der Waals surface area (Å²) in [6.45, 7) is 2.71. The Bertz CT molecular complexity index is 496. The molecule has 0 saturated carbocycles. The molecule has 1 aliphatic rings. The number of carbonyl (C=O) groups excluding carboxylic acids is 1. The molecule has 1 saturated heterocycles. The van der Waals surface area contributed by atoms with Crippen molar-refractivity contribution in [2.24, 2.45) is 0 Å². The SMILES string of the molecule is CN(C)C1CCN(Cc2c(Cl)cc(C(=O)Cl)cc2Cl)C1. The molecular weight excluding hydrogens is 319 g/mol. The Balaban J connectivity index is 2.13. The lowest BCUT2D eigenvalue weighted by Crippen LogP contribution is -2.31. The van der Waals surface area contributed by atoms with Crippen LogP contribution in [0.15, 0.2) is 12.1 Å². The zero-order valence-electron chi connectivity index (χ0n) is 11.5. The highest BCUT2D eigenvalue weighted by molar-refractivity contribution is 6.68. The summed E-state index contributed by atoms with van der Waals surface area (Å²) in [6, 6.07) is 3.73. The number of rotatable bonds is 4. The third kappa shape index (κ3) is 3.66. The minimum Gasteiger partial charge on any atom is -0.305 e. The van der Waals surface area contributed by atoms with Crippen LogP contribution in [-0.4, -0.2) is 48.3 Å². The Labute approximate surface area is 134 Å². The maximum Gasteiger partial charge on any atom is 0.252 e. The lowest BCUT2D eigenvalue weighted by molar-refractivity contribution is 0.108. The zero-order chi connectivity index (χ0) is 14.9. The van der Waals surface area contributed by atoms with Gasteiger partial charge in [-0.2, -0.15) is 0 Å². The van der Waals surface area contributed by atoms with E-state index in [4.69, 9.17) is 34.8 Å². The molecule has 1 fully saturated rings. The van der Waals surface area contributed by atoms with Crippen molar-refractivity contribution in [2.45, 2.75) is 19.0 Å². The lowest BCUT2D eigenvalue weighted by Gasteiger charge is -2.21. The van der Waals surface area contributed by atoms with Crippen LogP contribution >= 0.6 is 34.8 Å². The van der Waals surface area contributed by atoms with Crippen LogP contribution < -0.4 is 0 Å². The van der Waals surface area contributed by atoms with Crippen LogP contribution in [-0.2, 0) is 6.54 Å². The van der Waals surface area contributed by atoms with Crippen molar-refractivity contribution in [3.8, 4) is 0 Å². The van der Waals surface area contributed by atoms with E-state index in [1.54, 1.807) is 12.1 Å². The van der Waals surface area contributed by atoms with E-state index in [1.165, 1.54) is 0 Å². The maximum absolute atomic E-state index is 11.2. The van der Waals surface area contributed by atoms with Crippen LogP contribution in [0.3, 0.4) is 0 Å². The fourth-order valence-corrected chi connectivity index (χ4v) is 3.18. The third-order valence-electron chi connectivity index (χ3n) is 3.73. The Morgan fingerprint density at radius 2 is 1.95 bits per heavy atom. The van der Waals surface area contributed by atoms with Crippen molar-refractivity contribution in [1.82, 2.24) is 9.80 Å². The maximum atomic E-state index is 11.2. The third-order valence-corrected chi connectivity index (χ3v) is 4.62. The van der Waals surface area contributed by atoms with Gasteiger partial charge < -0.3 is 4.90 Å². The minimum absolute atomic E-state index is 0.331. The predicted molar refractivity (Wildman–Crippen MR) is 84.0 cm³/mol. The molecule has 1 atom stereocenters. The molecule has 0 aromatic heterocycles. The first kappa shape index (κ1) is 16.1. The molecule has 1 aliphatic heterocycles. The number of nitrogens with zero attached hydrogens (tertiary/aromatic N) is 2. The van der Waals surface area contributed by atoms with Gasteiger partial charge in [-0.25, -0.2) is 0 Å². The normalized spacial score (nSPS) is 19.8. The summed E-state index contributed by atoms with van der Waals surface area (Å²) in [4.78, 5) is 15.7. The van der Waals surface area contributed by atoms with Crippen molar-refractivity contribution < 1.29 is 4.79 Å².